The molecule has 0 atom stereocenters. The van der Waals surface area contributed by atoms with Gasteiger partial charge in [-0.1, -0.05) is 30.3 Å². The van der Waals surface area contributed by atoms with Crippen LogP contribution in [-0.2, 0) is 4.74 Å². The fourth-order valence-corrected chi connectivity index (χ4v) is 2.30. The van der Waals surface area contributed by atoms with Gasteiger partial charge in [0.1, 0.15) is 5.60 Å². The Morgan fingerprint density at radius 3 is 2.48 bits per heavy atom. The number of hydrogen-bond donors (Lipinski definition) is 0. The first-order valence-corrected chi connectivity index (χ1v) is 6.96. The van der Waals surface area contributed by atoms with Crippen LogP contribution in [0.2, 0.25) is 0 Å². The van der Waals surface area contributed by atoms with E-state index in [2.05, 4.69) is 4.98 Å². The van der Waals surface area contributed by atoms with Crippen LogP contribution in [0.3, 0.4) is 0 Å². The molecule has 106 valence electrons. The fourth-order valence-electron chi connectivity index (χ4n) is 2.30. The van der Waals surface area contributed by atoms with Crippen molar-refractivity contribution in [2.45, 2.75) is 26.4 Å². The Bertz CT molecular complexity index is 831. The van der Waals surface area contributed by atoms with E-state index < -0.39 is 5.60 Å². The quantitative estimate of drug-likeness (QED) is 0.491. The first-order valence-electron chi connectivity index (χ1n) is 6.96. The smallest absolute Gasteiger partial charge is 0.340 e. The third-order valence-corrected chi connectivity index (χ3v) is 3.17. The van der Waals surface area contributed by atoms with Crippen molar-refractivity contribution < 1.29 is 9.53 Å². The number of aromatic nitrogens is 1. The predicted molar refractivity (Wildman–Crippen MR) is 84.4 cm³/mol. The van der Waals surface area contributed by atoms with Gasteiger partial charge in [-0.05, 0) is 39.0 Å². The van der Waals surface area contributed by atoms with Crippen LogP contribution in [0.4, 0.5) is 0 Å². The van der Waals surface area contributed by atoms with Crippen LogP contribution in [0.5, 0.6) is 0 Å². The number of hydrogen-bond acceptors (Lipinski definition) is 3. The van der Waals surface area contributed by atoms with Crippen LogP contribution in [0.25, 0.3) is 21.8 Å². The normalized spacial score (nSPS) is 11.8. The number of ether oxygens (including phenoxy) is 1. The van der Waals surface area contributed by atoms with Crippen molar-refractivity contribution in [3.8, 4) is 0 Å². The Morgan fingerprint density at radius 1 is 1.00 bits per heavy atom. The van der Waals surface area contributed by atoms with E-state index in [4.69, 9.17) is 4.74 Å². The van der Waals surface area contributed by atoms with Crippen LogP contribution in [-0.4, -0.2) is 16.6 Å². The molecule has 0 aliphatic rings. The molecule has 2 aromatic carbocycles. The molecule has 3 aromatic rings. The molecule has 0 fully saturated rings. The molecule has 3 rings (SSSR count). The van der Waals surface area contributed by atoms with Crippen molar-refractivity contribution in [2.75, 3.05) is 0 Å². The zero-order chi connectivity index (χ0) is 15.0. The highest BCUT2D eigenvalue weighted by molar-refractivity contribution is 6.05. The van der Waals surface area contributed by atoms with Crippen molar-refractivity contribution in [2.24, 2.45) is 0 Å². The van der Waals surface area contributed by atoms with E-state index in [-0.39, 0.29) is 5.97 Å². The number of pyridine rings is 1. The topological polar surface area (TPSA) is 39.2 Å². The fraction of sp³-hybridized carbons (Fsp3) is 0.222. The van der Waals surface area contributed by atoms with Gasteiger partial charge in [0.2, 0.25) is 0 Å². The molecule has 21 heavy (non-hydrogen) atoms. The number of fused-ring (bicyclic) bond motifs is 2. The summed E-state index contributed by atoms with van der Waals surface area (Å²) >= 11 is 0. The number of nitrogens with zero attached hydrogens (tertiary/aromatic N) is 1. The van der Waals surface area contributed by atoms with E-state index in [1.807, 2.05) is 63.2 Å². The summed E-state index contributed by atoms with van der Waals surface area (Å²) in [6.45, 7) is 5.58. The first-order chi connectivity index (χ1) is 9.94. The molecule has 3 heteroatoms. The minimum Gasteiger partial charge on any atom is -0.456 e. The summed E-state index contributed by atoms with van der Waals surface area (Å²) in [5, 5.41) is 2.00. The lowest BCUT2D eigenvalue weighted by Crippen LogP contribution is -2.24. The molecule has 0 unspecified atom stereocenters. The second kappa shape index (κ2) is 4.85. The molecule has 1 heterocycles. The number of carbonyl (C=O) groups is 1. The van der Waals surface area contributed by atoms with E-state index in [1.165, 1.54) is 0 Å². The van der Waals surface area contributed by atoms with E-state index >= 15 is 0 Å². The number of esters is 1. The Balaban J connectivity index is 2.19. The van der Waals surface area contributed by atoms with E-state index in [0.29, 0.717) is 11.1 Å². The molecule has 1 aromatic heterocycles. The molecular formula is C18H17NO2. The maximum atomic E-state index is 12.3. The molecule has 0 spiro atoms. The molecular weight excluding hydrogens is 262 g/mol. The third kappa shape index (κ3) is 2.72. The van der Waals surface area contributed by atoms with Gasteiger partial charge >= 0.3 is 5.97 Å². The van der Waals surface area contributed by atoms with Crippen LogP contribution in [0.15, 0.2) is 48.5 Å². The van der Waals surface area contributed by atoms with Gasteiger partial charge in [-0.3, -0.25) is 0 Å². The summed E-state index contributed by atoms with van der Waals surface area (Å²) in [4.78, 5) is 17.0. The highest BCUT2D eigenvalue weighted by Gasteiger charge is 2.20. The van der Waals surface area contributed by atoms with Gasteiger partial charge in [0.25, 0.3) is 0 Å². The number of benzene rings is 2. The highest BCUT2D eigenvalue weighted by atomic mass is 16.6. The Hall–Kier alpha value is -2.42. The minimum atomic E-state index is -0.518. The standard InChI is InChI=1S/C18H17NO2/c1-18(2,3)21-17(20)14-9-6-8-13-11-12-7-4-5-10-15(12)19-16(13)14/h4-11H,1-3H3. The lowest BCUT2D eigenvalue weighted by molar-refractivity contribution is 0.00717. The molecule has 0 saturated carbocycles. The van der Waals surface area contributed by atoms with Crippen LogP contribution in [0, 0.1) is 0 Å². The second-order valence-electron chi connectivity index (χ2n) is 6.06. The Kier molecular flexibility index (Phi) is 3.13. The molecule has 0 aliphatic heterocycles. The third-order valence-electron chi connectivity index (χ3n) is 3.17. The van der Waals surface area contributed by atoms with Crippen molar-refractivity contribution in [1.82, 2.24) is 4.98 Å². The molecule has 0 amide bonds. The molecule has 0 aliphatic carbocycles. The summed E-state index contributed by atoms with van der Waals surface area (Å²) in [7, 11) is 0. The van der Waals surface area contributed by atoms with Crippen molar-refractivity contribution in [1.29, 1.82) is 0 Å². The van der Waals surface area contributed by atoms with E-state index in [1.54, 1.807) is 6.07 Å². The van der Waals surface area contributed by atoms with E-state index in [0.717, 1.165) is 16.3 Å². The van der Waals surface area contributed by atoms with Crippen LogP contribution >= 0.6 is 0 Å². The minimum absolute atomic E-state index is 0.337. The van der Waals surface area contributed by atoms with Gasteiger partial charge in [-0.2, -0.15) is 0 Å². The lowest BCUT2D eigenvalue weighted by atomic mass is 10.1. The summed E-state index contributed by atoms with van der Waals surface area (Å²) in [5.41, 5.74) is 1.55. The monoisotopic (exact) mass is 279 g/mol. The summed E-state index contributed by atoms with van der Waals surface area (Å²) in [5.74, 6) is -0.337. The first kappa shape index (κ1) is 13.6. The summed E-state index contributed by atoms with van der Waals surface area (Å²) in [6, 6.07) is 15.5. The number of para-hydroxylation sites is 2. The molecule has 0 radical (unpaired) electrons. The van der Waals surface area contributed by atoms with Crippen LogP contribution in [0.1, 0.15) is 31.1 Å². The molecule has 3 nitrogen and oxygen atoms in total. The lowest BCUT2D eigenvalue weighted by Gasteiger charge is -2.19. The maximum Gasteiger partial charge on any atom is 0.340 e. The molecule has 0 saturated heterocycles. The predicted octanol–water partition coefficient (Wildman–Crippen LogP) is 4.34. The molecule has 0 N–H and O–H groups in total. The zero-order valence-electron chi connectivity index (χ0n) is 12.4. The number of carbonyl (C=O) groups excluding carboxylic acids is 1. The maximum absolute atomic E-state index is 12.3. The SMILES string of the molecule is CC(C)(C)OC(=O)c1cccc2cc3ccccc3nc12. The average molecular weight is 279 g/mol. The largest absolute Gasteiger partial charge is 0.456 e. The summed E-state index contributed by atoms with van der Waals surface area (Å²) in [6.07, 6.45) is 0. The van der Waals surface area contributed by atoms with Gasteiger partial charge in [-0.25, -0.2) is 9.78 Å². The van der Waals surface area contributed by atoms with Crippen molar-refractivity contribution >= 4 is 27.8 Å². The second-order valence-corrected chi connectivity index (χ2v) is 6.06. The highest BCUT2D eigenvalue weighted by Crippen LogP contribution is 2.24. The van der Waals surface area contributed by atoms with Gasteiger partial charge in [0.05, 0.1) is 16.6 Å². The van der Waals surface area contributed by atoms with Gasteiger partial charge in [0, 0.05) is 10.8 Å². The number of rotatable bonds is 1. The van der Waals surface area contributed by atoms with Crippen molar-refractivity contribution in [3.63, 3.8) is 0 Å². The molecule has 0 bridgehead atoms. The van der Waals surface area contributed by atoms with Gasteiger partial charge in [-0.15, -0.1) is 0 Å². The average Bonchev–Trinajstić information content (AvgIpc) is 2.42. The van der Waals surface area contributed by atoms with Crippen LogP contribution < -0.4 is 0 Å². The van der Waals surface area contributed by atoms with Crippen molar-refractivity contribution in [3.05, 3.63) is 54.1 Å². The van der Waals surface area contributed by atoms with Gasteiger partial charge < -0.3 is 4.74 Å². The van der Waals surface area contributed by atoms with Gasteiger partial charge in [0.15, 0.2) is 0 Å². The summed E-state index contributed by atoms with van der Waals surface area (Å²) < 4.78 is 5.46. The Labute approximate surface area is 123 Å². The Morgan fingerprint density at radius 2 is 1.71 bits per heavy atom. The zero-order valence-corrected chi connectivity index (χ0v) is 12.4. The van der Waals surface area contributed by atoms with E-state index in [9.17, 15) is 4.79 Å².